The number of aromatic nitrogens is 2. The number of hydrogen-bond donors (Lipinski definition) is 2. The molecule has 0 atom stereocenters. The molecule has 0 bridgehead atoms. The lowest BCUT2D eigenvalue weighted by Gasteiger charge is -2.07. The van der Waals surface area contributed by atoms with Crippen molar-refractivity contribution in [3.05, 3.63) is 71.9 Å². The van der Waals surface area contributed by atoms with Crippen LogP contribution in [0.1, 0.15) is 11.1 Å². The minimum atomic E-state index is -0.0140. The zero-order valence-electron chi connectivity index (χ0n) is 12.3. The second kappa shape index (κ2) is 6.26. The molecule has 4 heteroatoms. The van der Waals surface area contributed by atoms with Crippen LogP contribution >= 0.6 is 0 Å². The molecule has 22 heavy (non-hydrogen) atoms. The van der Waals surface area contributed by atoms with Gasteiger partial charge in [0.05, 0.1) is 12.1 Å². The summed E-state index contributed by atoms with van der Waals surface area (Å²) in [6, 6.07) is 17.6. The number of carbonyl (C=O) groups is 1. The van der Waals surface area contributed by atoms with Crippen LogP contribution in [-0.2, 0) is 11.2 Å². The summed E-state index contributed by atoms with van der Waals surface area (Å²) in [7, 11) is 0. The third-order valence-corrected chi connectivity index (χ3v) is 3.43. The van der Waals surface area contributed by atoms with Gasteiger partial charge in [-0.25, -0.2) is 0 Å². The monoisotopic (exact) mass is 291 g/mol. The Hall–Kier alpha value is -2.88. The molecular weight excluding hydrogens is 274 g/mol. The van der Waals surface area contributed by atoms with Crippen LogP contribution in [0.2, 0.25) is 0 Å². The first-order valence-electron chi connectivity index (χ1n) is 7.16. The summed E-state index contributed by atoms with van der Waals surface area (Å²) in [5.41, 5.74) is 4.97. The number of hydrogen-bond acceptors (Lipinski definition) is 2. The number of nitrogens with one attached hydrogen (secondary N) is 2. The van der Waals surface area contributed by atoms with E-state index in [1.807, 2.05) is 61.5 Å². The molecule has 0 fully saturated rings. The Balaban J connectivity index is 1.64. The number of aryl methyl sites for hydroxylation is 1. The van der Waals surface area contributed by atoms with Crippen molar-refractivity contribution in [2.45, 2.75) is 13.3 Å². The molecule has 0 unspecified atom stereocenters. The Kier molecular flexibility index (Phi) is 4.01. The number of anilines is 1. The molecule has 0 aliphatic rings. The zero-order chi connectivity index (χ0) is 15.4. The van der Waals surface area contributed by atoms with E-state index < -0.39 is 0 Å². The van der Waals surface area contributed by atoms with Crippen molar-refractivity contribution in [1.29, 1.82) is 0 Å². The van der Waals surface area contributed by atoms with Gasteiger partial charge in [0, 0.05) is 11.9 Å². The lowest BCUT2D eigenvalue weighted by Crippen LogP contribution is -2.14. The minimum absolute atomic E-state index is 0.0140. The molecule has 3 aromatic rings. The van der Waals surface area contributed by atoms with Gasteiger partial charge in [0.15, 0.2) is 0 Å². The van der Waals surface area contributed by atoms with Gasteiger partial charge in [0.25, 0.3) is 0 Å². The normalized spacial score (nSPS) is 10.4. The molecule has 0 saturated heterocycles. The lowest BCUT2D eigenvalue weighted by molar-refractivity contribution is -0.115. The number of rotatable bonds is 4. The summed E-state index contributed by atoms with van der Waals surface area (Å²) in [5.74, 6) is -0.0140. The van der Waals surface area contributed by atoms with E-state index in [4.69, 9.17) is 0 Å². The lowest BCUT2D eigenvalue weighted by atomic mass is 10.1. The maximum Gasteiger partial charge on any atom is 0.228 e. The van der Waals surface area contributed by atoms with Crippen LogP contribution < -0.4 is 5.32 Å². The van der Waals surface area contributed by atoms with E-state index in [1.54, 1.807) is 6.20 Å². The molecule has 3 rings (SSSR count). The summed E-state index contributed by atoms with van der Waals surface area (Å²) in [6.07, 6.45) is 2.09. The molecule has 1 amide bonds. The second-order valence-corrected chi connectivity index (χ2v) is 5.26. The molecule has 0 aliphatic heterocycles. The third-order valence-electron chi connectivity index (χ3n) is 3.43. The Morgan fingerprint density at radius 3 is 2.64 bits per heavy atom. The molecule has 1 heterocycles. The highest BCUT2D eigenvalue weighted by Gasteiger charge is 2.05. The largest absolute Gasteiger partial charge is 0.326 e. The second-order valence-electron chi connectivity index (χ2n) is 5.26. The van der Waals surface area contributed by atoms with Crippen molar-refractivity contribution in [2.24, 2.45) is 0 Å². The smallest absolute Gasteiger partial charge is 0.228 e. The Labute approximate surface area is 129 Å². The van der Waals surface area contributed by atoms with Gasteiger partial charge < -0.3 is 5.32 Å². The van der Waals surface area contributed by atoms with Gasteiger partial charge in [-0.3, -0.25) is 9.89 Å². The number of H-pyrrole nitrogens is 1. The molecule has 2 N–H and O–H groups in total. The number of amides is 1. The van der Waals surface area contributed by atoms with E-state index in [9.17, 15) is 4.79 Å². The quantitative estimate of drug-likeness (QED) is 0.772. The Bertz CT molecular complexity index is 761. The fraction of sp³-hybridized carbons (Fsp3) is 0.111. The van der Waals surface area contributed by atoms with Crippen molar-refractivity contribution in [3.8, 4) is 11.3 Å². The molecular formula is C18H17N3O. The van der Waals surface area contributed by atoms with Gasteiger partial charge in [-0.1, -0.05) is 42.0 Å². The predicted molar refractivity (Wildman–Crippen MR) is 87.5 cm³/mol. The van der Waals surface area contributed by atoms with Gasteiger partial charge >= 0.3 is 0 Å². The van der Waals surface area contributed by atoms with Crippen LogP contribution in [0.25, 0.3) is 11.3 Å². The highest BCUT2D eigenvalue weighted by atomic mass is 16.1. The number of aromatic amines is 1. The molecule has 4 nitrogen and oxygen atoms in total. The first-order chi connectivity index (χ1) is 10.7. The van der Waals surface area contributed by atoms with Crippen molar-refractivity contribution >= 4 is 11.6 Å². The summed E-state index contributed by atoms with van der Waals surface area (Å²) in [5, 5.41) is 9.76. The van der Waals surface area contributed by atoms with Crippen molar-refractivity contribution in [3.63, 3.8) is 0 Å². The molecule has 0 saturated carbocycles. The molecule has 0 aliphatic carbocycles. The molecule has 2 aromatic carbocycles. The summed E-state index contributed by atoms with van der Waals surface area (Å²) >= 11 is 0. The van der Waals surface area contributed by atoms with Crippen LogP contribution in [0.15, 0.2) is 60.8 Å². The predicted octanol–water partition coefficient (Wildman–Crippen LogP) is 3.57. The molecule has 0 spiro atoms. The van der Waals surface area contributed by atoms with Gasteiger partial charge in [0.1, 0.15) is 0 Å². The van der Waals surface area contributed by atoms with E-state index >= 15 is 0 Å². The molecule has 1 aromatic heterocycles. The first kappa shape index (κ1) is 14.1. The maximum absolute atomic E-state index is 12.1. The van der Waals surface area contributed by atoms with E-state index in [-0.39, 0.29) is 5.91 Å². The van der Waals surface area contributed by atoms with Crippen molar-refractivity contribution < 1.29 is 4.79 Å². The molecule has 0 radical (unpaired) electrons. The van der Waals surface area contributed by atoms with Crippen LogP contribution in [0, 0.1) is 6.92 Å². The topological polar surface area (TPSA) is 57.8 Å². The highest BCUT2D eigenvalue weighted by Crippen LogP contribution is 2.19. The first-order valence-corrected chi connectivity index (χ1v) is 7.16. The number of nitrogens with zero attached hydrogens (tertiary/aromatic N) is 1. The third kappa shape index (κ3) is 3.41. The molecule has 110 valence electrons. The Morgan fingerprint density at radius 2 is 1.95 bits per heavy atom. The van der Waals surface area contributed by atoms with Crippen molar-refractivity contribution in [1.82, 2.24) is 10.2 Å². The van der Waals surface area contributed by atoms with Crippen LogP contribution in [0.4, 0.5) is 5.69 Å². The van der Waals surface area contributed by atoms with E-state index in [2.05, 4.69) is 15.5 Å². The summed E-state index contributed by atoms with van der Waals surface area (Å²) < 4.78 is 0. The van der Waals surface area contributed by atoms with E-state index in [1.165, 1.54) is 0 Å². The SMILES string of the molecule is Cc1cccc(CC(=O)Nc2ccc(-c3ccn[nH]3)cc2)c1. The van der Waals surface area contributed by atoms with Gasteiger partial charge in [-0.15, -0.1) is 0 Å². The van der Waals surface area contributed by atoms with Crippen LogP contribution in [0.3, 0.4) is 0 Å². The van der Waals surface area contributed by atoms with Crippen LogP contribution in [0.5, 0.6) is 0 Å². The zero-order valence-corrected chi connectivity index (χ0v) is 12.3. The fourth-order valence-corrected chi connectivity index (χ4v) is 2.36. The van der Waals surface area contributed by atoms with E-state index in [0.29, 0.717) is 6.42 Å². The Morgan fingerprint density at radius 1 is 1.14 bits per heavy atom. The van der Waals surface area contributed by atoms with E-state index in [0.717, 1.165) is 28.1 Å². The average Bonchev–Trinajstić information content (AvgIpc) is 3.02. The van der Waals surface area contributed by atoms with Crippen molar-refractivity contribution in [2.75, 3.05) is 5.32 Å². The minimum Gasteiger partial charge on any atom is -0.326 e. The summed E-state index contributed by atoms with van der Waals surface area (Å²) in [4.78, 5) is 12.1. The summed E-state index contributed by atoms with van der Waals surface area (Å²) in [6.45, 7) is 2.02. The number of benzene rings is 2. The van der Waals surface area contributed by atoms with Gasteiger partial charge in [-0.2, -0.15) is 5.10 Å². The highest BCUT2D eigenvalue weighted by molar-refractivity contribution is 5.92. The maximum atomic E-state index is 12.1. The van der Waals surface area contributed by atoms with Gasteiger partial charge in [0.2, 0.25) is 5.91 Å². The van der Waals surface area contributed by atoms with Crippen LogP contribution in [-0.4, -0.2) is 16.1 Å². The van der Waals surface area contributed by atoms with Gasteiger partial charge in [-0.05, 0) is 36.2 Å². The average molecular weight is 291 g/mol. The fourth-order valence-electron chi connectivity index (χ4n) is 2.36. The number of carbonyl (C=O) groups excluding carboxylic acids is 1. The standard InChI is InChI=1S/C18H17N3O/c1-13-3-2-4-14(11-13)12-18(22)20-16-7-5-15(6-8-16)17-9-10-19-21-17/h2-11H,12H2,1H3,(H,19,21)(H,20,22).